The van der Waals surface area contributed by atoms with Gasteiger partial charge in [0.25, 0.3) is 0 Å². The molecule has 0 spiro atoms. The fourth-order valence-electron chi connectivity index (χ4n) is 2.64. The van der Waals surface area contributed by atoms with E-state index in [1.54, 1.807) is 0 Å². The number of hydrogen-bond donors (Lipinski definition) is 2. The van der Waals surface area contributed by atoms with E-state index in [4.69, 9.17) is 15.2 Å². The lowest BCUT2D eigenvalue weighted by Gasteiger charge is -2.09. The van der Waals surface area contributed by atoms with Crippen molar-refractivity contribution in [1.29, 1.82) is 0 Å². The molecule has 0 aliphatic carbocycles. The molecule has 3 rings (SSSR count). The van der Waals surface area contributed by atoms with Crippen LogP contribution < -0.4 is 20.5 Å². The van der Waals surface area contributed by atoms with Gasteiger partial charge in [0.2, 0.25) is 5.91 Å². The first kappa shape index (κ1) is 19.3. The molecule has 0 aliphatic heterocycles. The highest BCUT2D eigenvalue weighted by Crippen LogP contribution is 2.16. The normalized spacial score (nSPS) is 10.3. The summed E-state index contributed by atoms with van der Waals surface area (Å²) in [6.45, 7) is 0.913. The first-order valence-corrected chi connectivity index (χ1v) is 9.24. The Labute approximate surface area is 165 Å². The largest absolute Gasteiger partial charge is 0.490 e. The Kier molecular flexibility index (Phi) is 6.90. The molecule has 0 atom stereocenters. The van der Waals surface area contributed by atoms with Gasteiger partial charge in [0.05, 0.1) is 0 Å². The highest BCUT2D eigenvalue weighted by Gasteiger charge is 2.04. The molecule has 0 aliphatic rings. The van der Waals surface area contributed by atoms with Gasteiger partial charge in [0, 0.05) is 17.8 Å². The van der Waals surface area contributed by atoms with Crippen LogP contribution >= 0.6 is 0 Å². The molecule has 144 valence electrons. The van der Waals surface area contributed by atoms with Gasteiger partial charge in [-0.1, -0.05) is 30.3 Å². The molecule has 5 nitrogen and oxygen atoms in total. The zero-order chi connectivity index (χ0) is 19.6. The summed E-state index contributed by atoms with van der Waals surface area (Å²) in [4.78, 5) is 12.1. The molecule has 0 unspecified atom stereocenters. The lowest BCUT2D eigenvalue weighted by Crippen LogP contribution is -2.12. The Morgan fingerprint density at radius 1 is 0.786 bits per heavy atom. The summed E-state index contributed by atoms with van der Waals surface area (Å²) in [6.07, 6.45) is 1.09. The monoisotopic (exact) mass is 376 g/mol. The number of carbonyl (C=O) groups excluding carboxylic acids is 1. The second-order valence-corrected chi connectivity index (χ2v) is 6.32. The second-order valence-electron chi connectivity index (χ2n) is 6.32. The third-order valence-electron chi connectivity index (χ3n) is 4.12. The predicted octanol–water partition coefficient (Wildman–Crippen LogP) is 4.30. The molecule has 0 heterocycles. The predicted molar refractivity (Wildman–Crippen MR) is 112 cm³/mol. The number of amides is 1. The molecule has 0 fully saturated rings. The van der Waals surface area contributed by atoms with Gasteiger partial charge in [-0.3, -0.25) is 4.79 Å². The summed E-state index contributed by atoms with van der Waals surface area (Å²) < 4.78 is 11.2. The van der Waals surface area contributed by atoms with Crippen LogP contribution in [0.25, 0.3) is 0 Å². The molecule has 0 radical (unpaired) electrons. The summed E-state index contributed by atoms with van der Waals surface area (Å²) in [5, 5.41) is 2.90. The number of para-hydroxylation sites is 1. The van der Waals surface area contributed by atoms with Crippen molar-refractivity contribution in [3.63, 3.8) is 0 Å². The van der Waals surface area contributed by atoms with E-state index >= 15 is 0 Å². The number of nitrogen functional groups attached to an aromatic ring is 1. The van der Waals surface area contributed by atoms with E-state index in [1.165, 1.54) is 0 Å². The molecular weight excluding hydrogens is 352 g/mol. The number of hydrogen-bond acceptors (Lipinski definition) is 4. The van der Waals surface area contributed by atoms with Crippen LogP contribution in [-0.4, -0.2) is 19.1 Å². The summed E-state index contributed by atoms with van der Waals surface area (Å²) >= 11 is 0. The highest BCUT2D eigenvalue weighted by molar-refractivity contribution is 5.90. The van der Waals surface area contributed by atoms with Gasteiger partial charge < -0.3 is 20.5 Å². The summed E-state index contributed by atoms with van der Waals surface area (Å²) in [6, 6.07) is 24.5. The van der Waals surface area contributed by atoms with Gasteiger partial charge in [0.15, 0.2) is 0 Å². The summed E-state index contributed by atoms with van der Waals surface area (Å²) in [7, 11) is 0. The van der Waals surface area contributed by atoms with Crippen LogP contribution in [0.1, 0.15) is 12.0 Å². The lowest BCUT2D eigenvalue weighted by atomic mass is 10.1. The second kappa shape index (κ2) is 10.0. The average molecular weight is 376 g/mol. The molecule has 0 aromatic heterocycles. The van der Waals surface area contributed by atoms with Crippen LogP contribution in [0.5, 0.6) is 11.5 Å². The maximum atomic E-state index is 12.1. The fraction of sp³-hybridized carbons (Fsp3) is 0.174. The third kappa shape index (κ3) is 6.36. The average Bonchev–Trinajstić information content (AvgIpc) is 2.73. The number of nitrogens with two attached hydrogens (primary N) is 1. The first-order chi connectivity index (χ1) is 13.7. The Morgan fingerprint density at radius 2 is 1.39 bits per heavy atom. The number of carbonyl (C=O) groups is 1. The van der Waals surface area contributed by atoms with Crippen LogP contribution in [0, 0.1) is 0 Å². The molecule has 0 bridgehead atoms. The standard InChI is InChI=1S/C23H24N2O3/c24-19-9-6-18(7-10-19)8-15-23(26)25-20-11-13-22(14-12-20)28-17-16-27-21-4-2-1-3-5-21/h1-7,9-14H,8,15-17,24H2,(H,25,26). The van der Waals surface area contributed by atoms with E-state index < -0.39 is 0 Å². The minimum Gasteiger partial charge on any atom is -0.490 e. The number of aryl methyl sites for hydroxylation is 1. The van der Waals surface area contributed by atoms with Crippen molar-refractivity contribution in [3.05, 3.63) is 84.4 Å². The van der Waals surface area contributed by atoms with Crippen LogP contribution in [0.4, 0.5) is 11.4 Å². The SMILES string of the molecule is Nc1ccc(CCC(=O)Nc2ccc(OCCOc3ccccc3)cc2)cc1. The van der Waals surface area contributed by atoms with E-state index in [2.05, 4.69) is 5.32 Å². The van der Waals surface area contributed by atoms with Crippen molar-refractivity contribution >= 4 is 17.3 Å². The van der Waals surface area contributed by atoms with Gasteiger partial charge in [-0.25, -0.2) is 0 Å². The molecule has 3 aromatic rings. The van der Waals surface area contributed by atoms with Gasteiger partial charge in [-0.15, -0.1) is 0 Å². The number of anilines is 2. The molecule has 0 saturated carbocycles. The van der Waals surface area contributed by atoms with Crippen molar-refractivity contribution < 1.29 is 14.3 Å². The van der Waals surface area contributed by atoms with Gasteiger partial charge in [-0.2, -0.15) is 0 Å². The minimum absolute atomic E-state index is 0.0262. The topological polar surface area (TPSA) is 73.6 Å². The van der Waals surface area contributed by atoms with E-state index in [1.807, 2.05) is 78.9 Å². The van der Waals surface area contributed by atoms with Crippen molar-refractivity contribution in [2.24, 2.45) is 0 Å². The molecule has 28 heavy (non-hydrogen) atoms. The summed E-state index contributed by atoms with van der Waals surface area (Å²) in [5.41, 5.74) is 8.22. The maximum absolute atomic E-state index is 12.1. The molecule has 3 aromatic carbocycles. The van der Waals surface area contributed by atoms with Crippen LogP contribution in [0.15, 0.2) is 78.9 Å². The zero-order valence-corrected chi connectivity index (χ0v) is 15.6. The van der Waals surface area contributed by atoms with E-state index in [0.717, 1.165) is 28.4 Å². The number of ether oxygens (including phenoxy) is 2. The molecule has 0 saturated heterocycles. The van der Waals surface area contributed by atoms with E-state index in [0.29, 0.717) is 26.1 Å². The first-order valence-electron chi connectivity index (χ1n) is 9.24. The fourth-order valence-corrected chi connectivity index (χ4v) is 2.64. The Balaban J connectivity index is 1.37. The van der Waals surface area contributed by atoms with Crippen molar-refractivity contribution in [2.45, 2.75) is 12.8 Å². The van der Waals surface area contributed by atoms with Gasteiger partial charge in [-0.05, 0) is 60.5 Å². The summed E-state index contributed by atoms with van der Waals surface area (Å²) in [5.74, 6) is 1.53. The zero-order valence-electron chi connectivity index (χ0n) is 15.6. The molecular formula is C23H24N2O3. The molecule has 1 amide bonds. The lowest BCUT2D eigenvalue weighted by molar-refractivity contribution is -0.116. The van der Waals surface area contributed by atoms with Crippen LogP contribution in [0.3, 0.4) is 0 Å². The van der Waals surface area contributed by atoms with Gasteiger partial charge in [0.1, 0.15) is 24.7 Å². The van der Waals surface area contributed by atoms with Crippen LogP contribution in [-0.2, 0) is 11.2 Å². The molecule has 5 heteroatoms. The number of nitrogens with one attached hydrogen (secondary N) is 1. The number of rotatable bonds is 9. The Morgan fingerprint density at radius 3 is 2.04 bits per heavy atom. The van der Waals surface area contributed by atoms with Crippen molar-refractivity contribution in [3.8, 4) is 11.5 Å². The number of benzene rings is 3. The highest BCUT2D eigenvalue weighted by atomic mass is 16.5. The maximum Gasteiger partial charge on any atom is 0.224 e. The van der Waals surface area contributed by atoms with Crippen LogP contribution in [0.2, 0.25) is 0 Å². The quantitative estimate of drug-likeness (QED) is 0.431. The Hall–Kier alpha value is -3.47. The van der Waals surface area contributed by atoms with Gasteiger partial charge >= 0.3 is 0 Å². The minimum atomic E-state index is -0.0262. The smallest absolute Gasteiger partial charge is 0.224 e. The third-order valence-corrected chi connectivity index (χ3v) is 4.12. The van der Waals surface area contributed by atoms with E-state index in [-0.39, 0.29) is 5.91 Å². The molecule has 3 N–H and O–H groups in total. The Bertz CT molecular complexity index is 863. The van der Waals surface area contributed by atoms with Crippen molar-refractivity contribution in [2.75, 3.05) is 24.3 Å². The van der Waals surface area contributed by atoms with E-state index in [9.17, 15) is 4.79 Å². The van der Waals surface area contributed by atoms with Crippen molar-refractivity contribution in [1.82, 2.24) is 0 Å².